The average Bonchev–Trinajstić information content (AvgIpc) is 2.97. The Bertz CT molecular complexity index is 649. The number of hydrogen-bond donors (Lipinski definition) is 2. The quantitative estimate of drug-likeness (QED) is 0.911. The molecule has 0 bridgehead atoms. The molecule has 1 aromatic carbocycles. The van der Waals surface area contributed by atoms with Gasteiger partial charge in [-0.15, -0.1) is 0 Å². The molecule has 1 aliphatic rings. The van der Waals surface area contributed by atoms with Crippen molar-refractivity contribution < 1.29 is 13.9 Å². The van der Waals surface area contributed by atoms with Crippen LogP contribution in [0.5, 0.6) is 0 Å². The zero-order valence-corrected chi connectivity index (χ0v) is 12.5. The van der Waals surface area contributed by atoms with Crippen LogP contribution in [-0.4, -0.2) is 30.3 Å². The minimum absolute atomic E-state index is 0.0522. The van der Waals surface area contributed by atoms with Gasteiger partial charge in [0.15, 0.2) is 0 Å². The summed E-state index contributed by atoms with van der Waals surface area (Å²) in [4.78, 5) is 16.1. The predicted octanol–water partition coefficient (Wildman–Crippen LogP) is 2.60. The molecule has 0 aliphatic carbocycles. The SMILES string of the molecule is O=C(Nc1ccc(F)cc1)N[C@H]1COC[C@H]1Cc1ccncc1. The summed E-state index contributed by atoms with van der Waals surface area (Å²) >= 11 is 0. The van der Waals surface area contributed by atoms with E-state index < -0.39 is 0 Å². The first kappa shape index (κ1) is 15.4. The van der Waals surface area contributed by atoms with E-state index in [1.165, 1.54) is 29.8 Å². The molecule has 1 fully saturated rings. The molecule has 1 aliphatic heterocycles. The maximum absolute atomic E-state index is 12.9. The molecule has 5 nitrogen and oxygen atoms in total. The molecule has 1 aromatic heterocycles. The molecule has 6 heteroatoms. The van der Waals surface area contributed by atoms with E-state index in [2.05, 4.69) is 15.6 Å². The van der Waals surface area contributed by atoms with Crippen LogP contribution in [0.1, 0.15) is 5.56 Å². The summed E-state index contributed by atoms with van der Waals surface area (Å²) in [6.45, 7) is 1.11. The molecule has 2 aromatic rings. The Labute approximate surface area is 133 Å². The lowest BCUT2D eigenvalue weighted by Gasteiger charge is -2.19. The molecule has 23 heavy (non-hydrogen) atoms. The van der Waals surface area contributed by atoms with Gasteiger partial charge in [0, 0.05) is 24.0 Å². The number of pyridine rings is 1. The monoisotopic (exact) mass is 315 g/mol. The molecule has 120 valence electrons. The Morgan fingerprint density at radius 3 is 2.65 bits per heavy atom. The van der Waals surface area contributed by atoms with Crippen LogP contribution >= 0.6 is 0 Å². The minimum Gasteiger partial charge on any atom is -0.379 e. The fourth-order valence-electron chi connectivity index (χ4n) is 2.65. The van der Waals surface area contributed by atoms with Crippen LogP contribution in [0.15, 0.2) is 48.8 Å². The van der Waals surface area contributed by atoms with Crippen molar-refractivity contribution in [3.8, 4) is 0 Å². The van der Waals surface area contributed by atoms with Crippen molar-refractivity contribution in [2.45, 2.75) is 12.5 Å². The van der Waals surface area contributed by atoms with Gasteiger partial charge < -0.3 is 15.4 Å². The van der Waals surface area contributed by atoms with Gasteiger partial charge in [-0.3, -0.25) is 4.98 Å². The number of amides is 2. The number of ether oxygens (including phenoxy) is 1. The summed E-state index contributed by atoms with van der Waals surface area (Å²) in [7, 11) is 0. The number of hydrogen-bond acceptors (Lipinski definition) is 3. The molecule has 2 amide bonds. The minimum atomic E-state index is -0.336. The van der Waals surface area contributed by atoms with Crippen LogP contribution in [0.25, 0.3) is 0 Å². The van der Waals surface area contributed by atoms with Crippen molar-refractivity contribution in [1.29, 1.82) is 0 Å². The Morgan fingerprint density at radius 2 is 1.91 bits per heavy atom. The Morgan fingerprint density at radius 1 is 1.17 bits per heavy atom. The zero-order valence-electron chi connectivity index (χ0n) is 12.5. The molecule has 2 atom stereocenters. The fraction of sp³-hybridized carbons (Fsp3) is 0.294. The van der Waals surface area contributed by atoms with Crippen molar-refractivity contribution in [2.24, 2.45) is 5.92 Å². The largest absolute Gasteiger partial charge is 0.379 e. The van der Waals surface area contributed by atoms with Gasteiger partial charge in [-0.25, -0.2) is 9.18 Å². The van der Waals surface area contributed by atoms with E-state index >= 15 is 0 Å². The highest BCUT2D eigenvalue weighted by atomic mass is 19.1. The number of halogens is 1. The maximum Gasteiger partial charge on any atom is 0.319 e. The van der Waals surface area contributed by atoms with E-state index in [-0.39, 0.29) is 23.8 Å². The van der Waals surface area contributed by atoms with Crippen molar-refractivity contribution in [1.82, 2.24) is 10.3 Å². The Kier molecular flexibility index (Phi) is 4.83. The van der Waals surface area contributed by atoms with E-state index in [1.807, 2.05) is 12.1 Å². The number of carbonyl (C=O) groups excluding carboxylic acids is 1. The Hall–Kier alpha value is -2.47. The summed E-state index contributed by atoms with van der Waals surface area (Å²) in [6.07, 6.45) is 4.34. The van der Waals surface area contributed by atoms with E-state index in [0.717, 1.165) is 6.42 Å². The van der Waals surface area contributed by atoms with Crippen molar-refractivity contribution in [3.63, 3.8) is 0 Å². The zero-order chi connectivity index (χ0) is 16.1. The second-order valence-corrected chi connectivity index (χ2v) is 5.57. The maximum atomic E-state index is 12.9. The first-order valence-electron chi connectivity index (χ1n) is 7.50. The summed E-state index contributed by atoms with van der Waals surface area (Å²) in [5.41, 5.74) is 1.72. The van der Waals surface area contributed by atoms with E-state index in [4.69, 9.17) is 4.74 Å². The van der Waals surface area contributed by atoms with Gasteiger partial charge in [-0.05, 0) is 48.4 Å². The number of carbonyl (C=O) groups is 1. The lowest BCUT2D eigenvalue weighted by atomic mass is 9.95. The van der Waals surface area contributed by atoms with E-state index in [9.17, 15) is 9.18 Å². The standard InChI is InChI=1S/C17H18FN3O2/c18-14-1-3-15(4-2-14)20-17(22)21-16-11-23-10-13(16)9-12-5-7-19-8-6-12/h1-8,13,16H,9-11H2,(H2,20,21,22)/t13-,16+/m1/s1. The van der Waals surface area contributed by atoms with E-state index in [1.54, 1.807) is 12.4 Å². The van der Waals surface area contributed by atoms with Crippen LogP contribution in [0, 0.1) is 11.7 Å². The molecule has 0 saturated carbocycles. The molecule has 0 unspecified atom stereocenters. The molecule has 2 N–H and O–H groups in total. The fourth-order valence-corrected chi connectivity index (χ4v) is 2.65. The summed E-state index contributed by atoms with van der Waals surface area (Å²) in [6, 6.07) is 9.22. The van der Waals surface area contributed by atoms with Gasteiger partial charge in [0.05, 0.1) is 19.3 Å². The van der Waals surface area contributed by atoms with Crippen molar-refractivity contribution >= 4 is 11.7 Å². The summed E-state index contributed by atoms with van der Waals surface area (Å²) < 4.78 is 18.4. The van der Waals surface area contributed by atoms with Gasteiger partial charge in [-0.2, -0.15) is 0 Å². The molecule has 0 radical (unpaired) electrons. The molecular formula is C17H18FN3O2. The highest BCUT2D eigenvalue weighted by molar-refractivity contribution is 5.89. The van der Waals surface area contributed by atoms with Crippen LogP contribution in [0.4, 0.5) is 14.9 Å². The number of benzene rings is 1. The lowest BCUT2D eigenvalue weighted by Crippen LogP contribution is -2.42. The van der Waals surface area contributed by atoms with Gasteiger partial charge in [0.2, 0.25) is 0 Å². The molecule has 1 saturated heterocycles. The molecule has 2 heterocycles. The van der Waals surface area contributed by atoms with Crippen LogP contribution < -0.4 is 10.6 Å². The first-order valence-corrected chi connectivity index (χ1v) is 7.50. The lowest BCUT2D eigenvalue weighted by molar-refractivity contribution is 0.182. The average molecular weight is 315 g/mol. The normalized spacial score (nSPS) is 20.2. The van der Waals surface area contributed by atoms with Crippen LogP contribution in [-0.2, 0) is 11.2 Å². The molecular weight excluding hydrogens is 297 g/mol. The number of urea groups is 1. The summed E-state index contributed by atoms with van der Waals surface area (Å²) in [5, 5.41) is 5.63. The molecule has 3 rings (SSSR count). The van der Waals surface area contributed by atoms with Gasteiger partial charge in [0.25, 0.3) is 0 Å². The molecule has 0 spiro atoms. The predicted molar refractivity (Wildman–Crippen MR) is 84.6 cm³/mol. The number of aromatic nitrogens is 1. The van der Waals surface area contributed by atoms with Gasteiger partial charge in [-0.1, -0.05) is 0 Å². The topological polar surface area (TPSA) is 63.2 Å². The summed E-state index contributed by atoms with van der Waals surface area (Å²) in [5.74, 6) is -0.117. The van der Waals surface area contributed by atoms with Gasteiger partial charge in [0.1, 0.15) is 5.82 Å². The highest BCUT2D eigenvalue weighted by Gasteiger charge is 2.29. The third-order valence-electron chi connectivity index (χ3n) is 3.86. The Balaban J connectivity index is 1.55. The second kappa shape index (κ2) is 7.19. The highest BCUT2D eigenvalue weighted by Crippen LogP contribution is 2.19. The van der Waals surface area contributed by atoms with Crippen molar-refractivity contribution in [2.75, 3.05) is 18.5 Å². The third-order valence-corrected chi connectivity index (χ3v) is 3.86. The van der Waals surface area contributed by atoms with E-state index in [0.29, 0.717) is 18.9 Å². The number of rotatable bonds is 4. The smallest absolute Gasteiger partial charge is 0.319 e. The van der Waals surface area contributed by atoms with Gasteiger partial charge >= 0.3 is 6.03 Å². The number of nitrogens with zero attached hydrogens (tertiary/aromatic N) is 1. The number of anilines is 1. The third kappa shape index (κ3) is 4.26. The first-order chi connectivity index (χ1) is 11.2. The van der Waals surface area contributed by atoms with Crippen LogP contribution in [0.2, 0.25) is 0 Å². The van der Waals surface area contributed by atoms with Crippen molar-refractivity contribution in [3.05, 3.63) is 60.2 Å². The number of nitrogens with one attached hydrogen (secondary N) is 2. The van der Waals surface area contributed by atoms with Crippen LogP contribution in [0.3, 0.4) is 0 Å². The second-order valence-electron chi connectivity index (χ2n) is 5.57.